The number of nitrogens with zero attached hydrogens (tertiary/aromatic N) is 5. The van der Waals surface area contributed by atoms with E-state index < -0.39 is 29.1 Å². The van der Waals surface area contributed by atoms with Crippen LogP contribution in [-0.2, 0) is 20.0 Å². The van der Waals surface area contributed by atoms with Gasteiger partial charge in [-0.15, -0.1) is 0 Å². The third-order valence-electron chi connectivity index (χ3n) is 7.34. The number of aromatic nitrogens is 6. The topological polar surface area (TPSA) is 213 Å². The molecule has 2 amide bonds. The van der Waals surface area contributed by atoms with Crippen molar-refractivity contribution in [2.45, 2.75) is 25.4 Å². The van der Waals surface area contributed by atoms with E-state index in [-0.39, 0.29) is 29.8 Å². The van der Waals surface area contributed by atoms with Gasteiger partial charge >= 0.3 is 17.3 Å². The van der Waals surface area contributed by atoms with Gasteiger partial charge in [0.25, 0.3) is 17.6 Å². The molecule has 4 heterocycles. The van der Waals surface area contributed by atoms with Gasteiger partial charge in [0.15, 0.2) is 11.4 Å². The van der Waals surface area contributed by atoms with Crippen LogP contribution >= 0.6 is 0 Å². The first-order valence-corrected chi connectivity index (χ1v) is 13.0. The molecular weight excluding hydrogens is 564 g/mol. The lowest BCUT2D eigenvalue weighted by Crippen LogP contribution is -2.31. The molecule has 0 bridgehead atoms. The summed E-state index contributed by atoms with van der Waals surface area (Å²) in [7, 11) is 1.57. The van der Waals surface area contributed by atoms with Crippen LogP contribution in [0.4, 0.5) is 0 Å². The molecule has 0 saturated heterocycles. The van der Waals surface area contributed by atoms with Crippen LogP contribution in [0.1, 0.15) is 50.1 Å². The van der Waals surface area contributed by atoms with Gasteiger partial charge in [-0.25, -0.2) is 23.8 Å². The molecule has 0 radical (unpaired) electrons. The van der Waals surface area contributed by atoms with E-state index in [0.29, 0.717) is 40.9 Å². The molecule has 216 valence electrons. The minimum atomic E-state index is -0.941. The summed E-state index contributed by atoms with van der Waals surface area (Å²) >= 11 is 0. The molecule has 1 atom stereocenters. The molecule has 1 aliphatic rings. The number of nitrogens with one attached hydrogen (secondary N) is 3. The predicted octanol–water partition coefficient (Wildman–Crippen LogP) is 0.818. The molecule has 3 N–H and O–H groups in total. The van der Waals surface area contributed by atoms with E-state index >= 15 is 0 Å². The van der Waals surface area contributed by atoms with Gasteiger partial charge in [-0.1, -0.05) is 23.4 Å². The number of H-pyrrole nitrogens is 1. The van der Waals surface area contributed by atoms with Crippen LogP contribution in [0.3, 0.4) is 0 Å². The normalized spacial score (nSPS) is 14.3. The Morgan fingerprint density at radius 1 is 1.02 bits per heavy atom. The molecular formula is C27H20N8O8. The average Bonchev–Trinajstić information content (AvgIpc) is 3.78. The fourth-order valence-electron chi connectivity index (χ4n) is 5.19. The molecule has 0 fully saturated rings. The number of carbonyl (C=O) groups is 2. The summed E-state index contributed by atoms with van der Waals surface area (Å²) in [6.45, 7) is 0.0442. The third kappa shape index (κ3) is 4.50. The zero-order chi connectivity index (χ0) is 29.8. The molecule has 0 unspecified atom stereocenters. The molecule has 2 aromatic carbocycles. The van der Waals surface area contributed by atoms with Crippen LogP contribution in [0.2, 0.25) is 0 Å². The van der Waals surface area contributed by atoms with E-state index in [9.17, 15) is 24.0 Å². The number of amides is 2. The minimum Gasteiger partial charge on any atom is -0.408 e. The van der Waals surface area contributed by atoms with Gasteiger partial charge in [0.05, 0.1) is 11.6 Å². The van der Waals surface area contributed by atoms with Gasteiger partial charge < -0.3 is 15.1 Å². The van der Waals surface area contributed by atoms with E-state index in [2.05, 4.69) is 35.4 Å². The Bertz CT molecular complexity index is 2270. The number of rotatable bonds is 6. The fraction of sp³-hybridized carbons (Fsp3) is 0.185. The van der Waals surface area contributed by atoms with E-state index in [4.69, 9.17) is 8.94 Å². The van der Waals surface area contributed by atoms with Crippen molar-refractivity contribution in [2.75, 3.05) is 0 Å². The number of benzene rings is 2. The van der Waals surface area contributed by atoms with E-state index in [1.165, 1.54) is 10.6 Å². The van der Waals surface area contributed by atoms with Gasteiger partial charge in [-0.3, -0.25) is 28.2 Å². The Balaban J connectivity index is 1.12. The van der Waals surface area contributed by atoms with Crippen molar-refractivity contribution in [2.24, 2.45) is 7.05 Å². The summed E-state index contributed by atoms with van der Waals surface area (Å²) in [5.41, 5.74) is 3.80. The number of hydrogen-bond donors (Lipinski definition) is 3. The monoisotopic (exact) mass is 584 g/mol. The highest BCUT2D eigenvalue weighted by Crippen LogP contribution is 2.33. The fourth-order valence-corrected chi connectivity index (χ4v) is 5.19. The second kappa shape index (κ2) is 9.79. The lowest BCUT2D eigenvalue weighted by Gasteiger charge is -2.15. The van der Waals surface area contributed by atoms with Crippen LogP contribution in [0.15, 0.2) is 70.3 Å². The molecule has 16 nitrogen and oxygen atoms in total. The Morgan fingerprint density at radius 3 is 2.70 bits per heavy atom. The maximum Gasteiger partial charge on any atom is 0.448 e. The summed E-state index contributed by atoms with van der Waals surface area (Å²) < 4.78 is 16.6. The van der Waals surface area contributed by atoms with E-state index in [0.717, 1.165) is 15.5 Å². The first-order valence-electron chi connectivity index (χ1n) is 13.0. The number of oxazole rings is 1. The van der Waals surface area contributed by atoms with E-state index in [1.807, 2.05) is 12.1 Å². The van der Waals surface area contributed by atoms with Crippen molar-refractivity contribution in [1.29, 1.82) is 0 Å². The maximum absolute atomic E-state index is 13.3. The number of fused-ring (bicyclic) bond motifs is 3. The number of aryl methyl sites for hydroxylation is 2. The van der Waals surface area contributed by atoms with Crippen molar-refractivity contribution in [3.8, 4) is 11.4 Å². The number of hydrogen-bond acceptors (Lipinski definition) is 11. The first kappa shape index (κ1) is 25.9. The van der Waals surface area contributed by atoms with Gasteiger partial charge in [-0.05, 0) is 59.0 Å². The Labute approximate surface area is 237 Å². The summed E-state index contributed by atoms with van der Waals surface area (Å²) in [6.07, 6.45) is 1.26. The Hall–Kier alpha value is -6.06. The highest BCUT2D eigenvalue weighted by atomic mass is 16.5. The summed E-state index contributed by atoms with van der Waals surface area (Å²) in [4.78, 5) is 68.6. The molecule has 6 aromatic rings. The molecule has 16 heteroatoms. The van der Waals surface area contributed by atoms with Crippen molar-refractivity contribution in [1.82, 2.24) is 39.9 Å². The lowest BCUT2D eigenvalue weighted by molar-refractivity contribution is 0.0931. The highest BCUT2D eigenvalue weighted by Gasteiger charge is 2.27. The highest BCUT2D eigenvalue weighted by molar-refractivity contribution is 5.98. The molecule has 4 aromatic heterocycles. The largest absolute Gasteiger partial charge is 0.448 e. The van der Waals surface area contributed by atoms with Crippen LogP contribution in [0.5, 0.6) is 0 Å². The van der Waals surface area contributed by atoms with E-state index in [1.54, 1.807) is 31.3 Å². The third-order valence-corrected chi connectivity index (χ3v) is 7.34. The van der Waals surface area contributed by atoms with Gasteiger partial charge in [0.1, 0.15) is 11.4 Å². The zero-order valence-electron chi connectivity index (χ0n) is 22.2. The van der Waals surface area contributed by atoms with Crippen molar-refractivity contribution in [3.05, 3.63) is 102 Å². The molecule has 7 rings (SSSR count). The maximum atomic E-state index is 13.3. The van der Waals surface area contributed by atoms with Crippen LogP contribution in [0.25, 0.3) is 28.3 Å². The van der Waals surface area contributed by atoms with Crippen LogP contribution in [-0.4, -0.2) is 41.1 Å². The number of carbonyl (C=O) groups excluding carboxylic acids is 2. The van der Waals surface area contributed by atoms with Crippen molar-refractivity contribution in [3.63, 3.8) is 0 Å². The second-order valence-corrected chi connectivity index (χ2v) is 9.94. The standard InChI is InChI=1S/C27H20N8O8/c1-34-18-8-12(2-7-20(18)41-26(34)39)11-28-23(37)19-10-17(30-24-33-43-27(40)35(19)24)22(36)29-16-6-4-13-9-14(3-5-15(13)16)21-31-25(38)42-32-21/h2-3,5,7-10,16H,4,6,11H2,1H3,(H,28,37)(H,29,36)(H,31,32,38)/t16-/m0/s1. The predicted molar refractivity (Wildman–Crippen MR) is 145 cm³/mol. The van der Waals surface area contributed by atoms with Crippen LogP contribution < -0.4 is 27.9 Å². The summed E-state index contributed by atoms with van der Waals surface area (Å²) in [5, 5.41) is 12.9. The first-order chi connectivity index (χ1) is 20.7. The Kier molecular flexibility index (Phi) is 5.89. The van der Waals surface area contributed by atoms with Crippen molar-refractivity contribution >= 4 is 28.7 Å². The number of aromatic amines is 1. The smallest absolute Gasteiger partial charge is 0.408 e. The molecule has 0 saturated carbocycles. The quantitative estimate of drug-likeness (QED) is 0.249. The molecule has 0 spiro atoms. The zero-order valence-corrected chi connectivity index (χ0v) is 22.2. The summed E-state index contributed by atoms with van der Waals surface area (Å²) in [5.74, 6) is -3.32. The summed E-state index contributed by atoms with van der Waals surface area (Å²) in [6, 6.07) is 11.3. The van der Waals surface area contributed by atoms with Gasteiger partial charge in [0, 0.05) is 19.2 Å². The SMILES string of the molecule is Cn1c(=O)oc2ccc(CNC(=O)c3cc(C(=O)N[C@H]4CCc5cc(-c6noc(=O)[nH]6)ccc54)nc4noc(=O)n34)cc21. The Morgan fingerprint density at radius 2 is 1.88 bits per heavy atom. The van der Waals surface area contributed by atoms with Crippen LogP contribution in [0, 0.1) is 0 Å². The second-order valence-electron chi connectivity index (χ2n) is 9.94. The molecule has 43 heavy (non-hydrogen) atoms. The van der Waals surface area contributed by atoms with Gasteiger partial charge in [0.2, 0.25) is 0 Å². The minimum absolute atomic E-state index is 0.0442. The lowest BCUT2D eigenvalue weighted by atomic mass is 10.0. The molecule has 1 aliphatic carbocycles. The molecule has 0 aliphatic heterocycles. The average molecular weight is 585 g/mol. The van der Waals surface area contributed by atoms with Gasteiger partial charge in [-0.2, -0.15) is 0 Å². The van der Waals surface area contributed by atoms with Crippen molar-refractivity contribution < 1.29 is 23.1 Å².